The van der Waals surface area contributed by atoms with E-state index < -0.39 is 0 Å². The maximum absolute atomic E-state index is 4.37. The number of tetrazole rings is 1. The van der Waals surface area contributed by atoms with Gasteiger partial charge in [-0.1, -0.05) is 0 Å². The Kier molecular flexibility index (Phi) is 3.52. The van der Waals surface area contributed by atoms with E-state index in [0.717, 1.165) is 5.82 Å². The van der Waals surface area contributed by atoms with Crippen molar-refractivity contribution in [3.8, 4) is 0 Å². The lowest BCUT2D eigenvalue weighted by Gasteiger charge is -2.21. The molecular formula is C13H21N7. The van der Waals surface area contributed by atoms with Crippen molar-refractivity contribution in [1.82, 2.24) is 35.3 Å². The highest BCUT2D eigenvalue weighted by Crippen LogP contribution is 2.34. The van der Waals surface area contributed by atoms with Crippen molar-refractivity contribution < 1.29 is 0 Å². The van der Waals surface area contributed by atoms with Crippen molar-refractivity contribution in [3.63, 3.8) is 0 Å². The fourth-order valence-electron chi connectivity index (χ4n) is 2.24. The average molecular weight is 275 g/mol. The van der Waals surface area contributed by atoms with Crippen molar-refractivity contribution in [3.05, 3.63) is 23.8 Å². The molecule has 2 heterocycles. The SMILES string of the molecule is Cc1cnn([C@@H](C)[C@@H](C)NCc2nnnn2C2CC2)c1. The van der Waals surface area contributed by atoms with E-state index in [-0.39, 0.29) is 6.04 Å². The molecule has 0 spiro atoms. The quantitative estimate of drug-likeness (QED) is 0.859. The first-order valence-electron chi connectivity index (χ1n) is 7.16. The highest BCUT2D eigenvalue weighted by atomic mass is 15.6. The van der Waals surface area contributed by atoms with Gasteiger partial charge in [-0.3, -0.25) is 4.68 Å². The Morgan fingerprint density at radius 3 is 2.85 bits per heavy atom. The van der Waals surface area contributed by atoms with Crippen LogP contribution in [0.2, 0.25) is 0 Å². The minimum atomic E-state index is 0.286. The molecule has 0 radical (unpaired) electrons. The second-order valence-corrected chi connectivity index (χ2v) is 5.68. The van der Waals surface area contributed by atoms with Gasteiger partial charge in [0.25, 0.3) is 0 Å². The van der Waals surface area contributed by atoms with E-state index in [4.69, 9.17) is 0 Å². The molecule has 1 saturated carbocycles. The largest absolute Gasteiger partial charge is 0.305 e. The Hall–Kier alpha value is -1.76. The minimum absolute atomic E-state index is 0.286. The first kappa shape index (κ1) is 13.2. The van der Waals surface area contributed by atoms with Crippen LogP contribution in [0.4, 0.5) is 0 Å². The number of hydrogen-bond acceptors (Lipinski definition) is 5. The van der Waals surface area contributed by atoms with Gasteiger partial charge in [0.1, 0.15) is 0 Å². The molecular weight excluding hydrogens is 254 g/mol. The first-order chi connectivity index (χ1) is 9.65. The van der Waals surface area contributed by atoms with Crippen LogP contribution in [0, 0.1) is 6.92 Å². The summed E-state index contributed by atoms with van der Waals surface area (Å²) in [5.74, 6) is 0.920. The minimum Gasteiger partial charge on any atom is -0.305 e. The Balaban J connectivity index is 1.58. The van der Waals surface area contributed by atoms with Crippen LogP contribution in [0.15, 0.2) is 12.4 Å². The lowest BCUT2D eigenvalue weighted by molar-refractivity contribution is 0.359. The van der Waals surface area contributed by atoms with Crippen molar-refractivity contribution in [1.29, 1.82) is 0 Å². The fourth-order valence-corrected chi connectivity index (χ4v) is 2.24. The normalized spacial score (nSPS) is 18.1. The van der Waals surface area contributed by atoms with Crippen molar-refractivity contribution in [2.24, 2.45) is 0 Å². The van der Waals surface area contributed by atoms with Gasteiger partial charge < -0.3 is 5.32 Å². The Morgan fingerprint density at radius 1 is 1.40 bits per heavy atom. The maximum Gasteiger partial charge on any atom is 0.165 e. The number of nitrogens with one attached hydrogen (secondary N) is 1. The van der Waals surface area contributed by atoms with Gasteiger partial charge in [-0.25, -0.2) is 4.68 Å². The van der Waals surface area contributed by atoms with Gasteiger partial charge in [0.2, 0.25) is 0 Å². The summed E-state index contributed by atoms with van der Waals surface area (Å²) in [6.45, 7) is 7.06. The van der Waals surface area contributed by atoms with Gasteiger partial charge >= 0.3 is 0 Å². The molecule has 1 N–H and O–H groups in total. The zero-order chi connectivity index (χ0) is 14.1. The summed E-state index contributed by atoms with van der Waals surface area (Å²) in [6, 6.07) is 1.09. The Labute approximate surface area is 118 Å². The smallest absolute Gasteiger partial charge is 0.165 e. The molecule has 2 atom stereocenters. The first-order valence-corrected chi connectivity index (χ1v) is 7.16. The molecule has 1 fully saturated rings. The van der Waals surface area contributed by atoms with Crippen LogP contribution in [0.1, 0.15) is 50.2 Å². The van der Waals surface area contributed by atoms with Gasteiger partial charge in [-0.2, -0.15) is 5.10 Å². The number of aryl methyl sites for hydroxylation is 1. The van der Waals surface area contributed by atoms with Crippen LogP contribution in [0.5, 0.6) is 0 Å². The van der Waals surface area contributed by atoms with E-state index in [2.05, 4.69) is 52.9 Å². The summed E-state index contributed by atoms with van der Waals surface area (Å²) >= 11 is 0. The van der Waals surface area contributed by atoms with E-state index in [0.29, 0.717) is 18.6 Å². The van der Waals surface area contributed by atoms with E-state index in [1.54, 1.807) is 0 Å². The van der Waals surface area contributed by atoms with E-state index in [1.807, 2.05) is 15.6 Å². The van der Waals surface area contributed by atoms with Gasteiger partial charge in [-0.15, -0.1) is 5.10 Å². The number of aromatic nitrogens is 6. The van der Waals surface area contributed by atoms with E-state index in [9.17, 15) is 0 Å². The molecule has 20 heavy (non-hydrogen) atoms. The molecule has 0 amide bonds. The molecule has 7 nitrogen and oxygen atoms in total. The summed E-state index contributed by atoms with van der Waals surface area (Å²) in [4.78, 5) is 0. The molecule has 2 aromatic heterocycles. The Bertz CT molecular complexity index is 569. The zero-order valence-electron chi connectivity index (χ0n) is 12.2. The molecule has 2 aromatic rings. The molecule has 108 valence electrons. The lowest BCUT2D eigenvalue weighted by atomic mass is 10.2. The van der Waals surface area contributed by atoms with Crippen molar-refractivity contribution in [2.45, 2.75) is 58.3 Å². The molecule has 1 aliphatic rings. The topological polar surface area (TPSA) is 73.5 Å². The van der Waals surface area contributed by atoms with Gasteiger partial charge in [0.05, 0.1) is 24.8 Å². The summed E-state index contributed by atoms with van der Waals surface area (Å²) in [6.07, 6.45) is 6.33. The Morgan fingerprint density at radius 2 is 2.20 bits per heavy atom. The molecule has 7 heteroatoms. The van der Waals surface area contributed by atoms with Crippen LogP contribution >= 0.6 is 0 Å². The number of hydrogen-bond donors (Lipinski definition) is 1. The second-order valence-electron chi connectivity index (χ2n) is 5.68. The molecule has 0 bridgehead atoms. The molecule has 0 aliphatic heterocycles. The predicted molar refractivity (Wildman–Crippen MR) is 74.1 cm³/mol. The standard InChI is InChI=1S/C13H21N7/c1-9-6-15-19(8-9)11(3)10(2)14-7-13-16-17-18-20(13)12-4-5-12/h6,8,10-12,14H,4-5,7H2,1-3H3/t10-,11+/m1/s1. The molecule has 0 aromatic carbocycles. The van der Waals surface area contributed by atoms with E-state index in [1.165, 1.54) is 18.4 Å². The summed E-state index contributed by atoms with van der Waals surface area (Å²) < 4.78 is 3.94. The van der Waals surface area contributed by atoms with Crippen LogP contribution in [-0.2, 0) is 6.54 Å². The maximum atomic E-state index is 4.37. The third kappa shape index (κ3) is 2.72. The predicted octanol–water partition coefficient (Wildman–Crippen LogP) is 1.25. The monoisotopic (exact) mass is 275 g/mol. The van der Waals surface area contributed by atoms with Crippen LogP contribution in [-0.4, -0.2) is 36.0 Å². The third-order valence-electron chi connectivity index (χ3n) is 3.91. The summed E-state index contributed by atoms with van der Waals surface area (Å²) in [7, 11) is 0. The second kappa shape index (κ2) is 5.32. The van der Waals surface area contributed by atoms with Crippen molar-refractivity contribution >= 4 is 0 Å². The molecule has 0 saturated heterocycles. The average Bonchev–Trinajstić information content (AvgIpc) is 3.02. The molecule has 0 unspecified atom stereocenters. The summed E-state index contributed by atoms with van der Waals surface area (Å²) in [5.41, 5.74) is 1.18. The van der Waals surface area contributed by atoms with Crippen LogP contribution < -0.4 is 5.32 Å². The van der Waals surface area contributed by atoms with Gasteiger partial charge in [0, 0.05) is 12.2 Å². The van der Waals surface area contributed by atoms with Gasteiger partial charge in [0.15, 0.2) is 5.82 Å². The molecule has 3 rings (SSSR count). The number of nitrogens with zero attached hydrogens (tertiary/aromatic N) is 6. The highest BCUT2D eigenvalue weighted by Gasteiger charge is 2.27. The van der Waals surface area contributed by atoms with Crippen LogP contribution in [0.25, 0.3) is 0 Å². The lowest BCUT2D eigenvalue weighted by Crippen LogP contribution is -2.34. The number of rotatable bonds is 6. The highest BCUT2D eigenvalue weighted by molar-refractivity contribution is 5.01. The fraction of sp³-hybridized carbons (Fsp3) is 0.692. The van der Waals surface area contributed by atoms with Gasteiger partial charge in [-0.05, 0) is 49.6 Å². The summed E-state index contributed by atoms with van der Waals surface area (Å²) in [5, 5.41) is 19.8. The molecule has 1 aliphatic carbocycles. The van der Waals surface area contributed by atoms with Crippen molar-refractivity contribution in [2.75, 3.05) is 0 Å². The van der Waals surface area contributed by atoms with E-state index >= 15 is 0 Å². The third-order valence-corrected chi connectivity index (χ3v) is 3.91. The zero-order valence-corrected chi connectivity index (χ0v) is 12.2. The van der Waals surface area contributed by atoms with Crippen LogP contribution in [0.3, 0.4) is 0 Å².